The van der Waals surface area contributed by atoms with Crippen molar-refractivity contribution >= 4 is 11.7 Å². The number of aromatic nitrogens is 2. The molecule has 0 saturated heterocycles. The van der Waals surface area contributed by atoms with Gasteiger partial charge in [0.2, 0.25) is 0 Å². The summed E-state index contributed by atoms with van der Waals surface area (Å²) in [4.78, 5) is 21.7. The average Bonchev–Trinajstić information content (AvgIpc) is 3.40. The monoisotopic (exact) mass is 462 g/mol. The quantitative estimate of drug-likeness (QED) is 0.440. The molecule has 2 aromatic carbocycles. The molecule has 2 aromatic heterocycles. The van der Waals surface area contributed by atoms with Crippen LogP contribution < -0.4 is 11.1 Å². The molecular formula is C29H26N4O2. The van der Waals surface area contributed by atoms with Crippen LogP contribution in [0.3, 0.4) is 0 Å². The van der Waals surface area contributed by atoms with Gasteiger partial charge in [0.1, 0.15) is 18.0 Å². The lowest BCUT2D eigenvalue weighted by Crippen LogP contribution is -2.24. The molecule has 0 unspecified atom stereocenters. The van der Waals surface area contributed by atoms with Crippen LogP contribution in [0, 0.1) is 20.8 Å². The number of nitrogen functional groups attached to an aromatic ring is 1. The van der Waals surface area contributed by atoms with Crippen LogP contribution >= 0.6 is 0 Å². The number of rotatable bonds is 4. The van der Waals surface area contributed by atoms with E-state index in [-0.39, 0.29) is 18.1 Å². The Morgan fingerprint density at radius 2 is 1.69 bits per heavy atom. The number of amides is 1. The normalized spacial score (nSPS) is 17.2. The number of hydrogen-bond donors (Lipinski definition) is 2. The van der Waals surface area contributed by atoms with Crippen molar-refractivity contribution in [3.05, 3.63) is 111 Å². The molecule has 6 heteroatoms. The van der Waals surface area contributed by atoms with E-state index >= 15 is 0 Å². The molecule has 1 amide bonds. The maximum Gasteiger partial charge on any atom is 0.251 e. The molecule has 35 heavy (non-hydrogen) atoms. The van der Waals surface area contributed by atoms with Crippen LogP contribution in [0.5, 0.6) is 0 Å². The van der Waals surface area contributed by atoms with Crippen molar-refractivity contribution in [2.45, 2.75) is 39.5 Å². The Kier molecular flexibility index (Phi) is 4.93. The molecule has 6 rings (SSSR count). The highest BCUT2D eigenvalue weighted by Gasteiger charge is 2.43. The summed E-state index contributed by atoms with van der Waals surface area (Å²) in [6, 6.07) is 16.2. The van der Waals surface area contributed by atoms with Crippen molar-refractivity contribution in [1.82, 2.24) is 15.3 Å². The van der Waals surface area contributed by atoms with Crippen LogP contribution in [-0.4, -0.2) is 15.9 Å². The Labute approximate surface area is 204 Å². The van der Waals surface area contributed by atoms with E-state index in [0.717, 1.165) is 39.1 Å². The van der Waals surface area contributed by atoms with Gasteiger partial charge in [-0.2, -0.15) is 0 Å². The molecule has 2 aliphatic heterocycles. The maximum absolute atomic E-state index is 13.0. The topological polar surface area (TPSA) is 90.1 Å². The van der Waals surface area contributed by atoms with Crippen LogP contribution in [0.15, 0.2) is 60.9 Å². The number of benzene rings is 2. The fraction of sp³-hybridized carbons (Fsp3) is 0.207. The summed E-state index contributed by atoms with van der Waals surface area (Å²) in [6.07, 6.45) is 3.46. The van der Waals surface area contributed by atoms with Gasteiger partial charge >= 0.3 is 0 Å². The first-order valence-corrected chi connectivity index (χ1v) is 11.8. The van der Waals surface area contributed by atoms with E-state index in [1.165, 1.54) is 16.7 Å². The molecule has 4 aromatic rings. The Morgan fingerprint density at radius 3 is 2.46 bits per heavy atom. The van der Waals surface area contributed by atoms with Gasteiger partial charge in [-0.15, -0.1) is 0 Å². The molecule has 4 heterocycles. The molecule has 6 nitrogen and oxygen atoms in total. The van der Waals surface area contributed by atoms with Crippen molar-refractivity contribution in [2.75, 3.05) is 5.73 Å². The second kappa shape index (κ2) is 8.03. The third-order valence-electron chi connectivity index (χ3n) is 7.19. The van der Waals surface area contributed by atoms with Gasteiger partial charge in [-0.05, 0) is 95.6 Å². The molecule has 3 N–H and O–H groups in total. The van der Waals surface area contributed by atoms with E-state index in [9.17, 15) is 4.79 Å². The highest BCUT2D eigenvalue weighted by molar-refractivity contribution is 5.94. The SMILES string of the molecule is Cc1ccncc1-c1ccc2c(c1)[C@H]1O[C@@H]2c2ccc(C(=O)NCc3c(C)cc(N)nc3C)cc21. The number of nitrogens with two attached hydrogens (primary N) is 1. The molecule has 174 valence electrons. The zero-order valence-electron chi connectivity index (χ0n) is 19.9. The lowest BCUT2D eigenvalue weighted by molar-refractivity contribution is 0.0857. The lowest BCUT2D eigenvalue weighted by atomic mass is 9.83. The number of aryl methyl sites for hydroxylation is 3. The summed E-state index contributed by atoms with van der Waals surface area (Å²) in [5.74, 6) is 0.372. The fourth-order valence-electron chi connectivity index (χ4n) is 5.35. The van der Waals surface area contributed by atoms with E-state index in [0.29, 0.717) is 17.9 Å². The molecule has 2 aliphatic rings. The first-order chi connectivity index (χ1) is 16.9. The molecule has 2 atom stereocenters. The number of nitrogens with one attached hydrogen (secondary N) is 1. The van der Waals surface area contributed by atoms with Crippen molar-refractivity contribution in [1.29, 1.82) is 0 Å². The van der Waals surface area contributed by atoms with Gasteiger partial charge in [-0.25, -0.2) is 4.98 Å². The zero-order chi connectivity index (χ0) is 24.3. The molecular weight excluding hydrogens is 436 g/mol. The van der Waals surface area contributed by atoms with Gasteiger partial charge in [0.25, 0.3) is 5.91 Å². The number of hydrogen-bond acceptors (Lipinski definition) is 5. The van der Waals surface area contributed by atoms with Gasteiger partial charge in [-0.3, -0.25) is 9.78 Å². The van der Waals surface area contributed by atoms with Crippen molar-refractivity contribution in [3.63, 3.8) is 0 Å². The van der Waals surface area contributed by atoms with Crippen LogP contribution in [0.1, 0.15) is 67.2 Å². The average molecular weight is 463 g/mol. The minimum absolute atomic E-state index is 0.0858. The van der Waals surface area contributed by atoms with Gasteiger partial charge in [0.05, 0.1) is 0 Å². The zero-order valence-corrected chi connectivity index (χ0v) is 19.9. The van der Waals surface area contributed by atoms with Gasteiger partial charge < -0.3 is 15.8 Å². The number of ether oxygens (including phenoxy) is 1. The number of carbonyl (C=O) groups excluding carboxylic acids is 1. The lowest BCUT2D eigenvalue weighted by Gasteiger charge is -2.18. The predicted octanol–water partition coefficient (Wildman–Crippen LogP) is 5.10. The summed E-state index contributed by atoms with van der Waals surface area (Å²) >= 11 is 0. The molecule has 0 spiro atoms. The van der Waals surface area contributed by atoms with Crippen molar-refractivity contribution in [2.24, 2.45) is 0 Å². The summed E-state index contributed by atoms with van der Waals surface area (Å²) < 4.78 is 6.37. The summed E-state index contributed by atoms with van der Waals surface area (Å²) in [5.41, 5.74) is 17.3. The Morgan fingerprint density at radius 1 is 0.943 bits per heavy atom. The second-order valence-corrected chi connectivity index (χ2v) is 9.38. The highest BCUT2D eigenvalue weighted by atomic mass is 16.5. The van der Waals surface area contributed by atoms with Crippen molar-refractivity contribution < 1.29 is 9.53 Å². The van der Waals surface area contributed by atoms with Gasteiger partial charge in [0.15, 0.2) is 0 Å². The molecule has 0 radical (unpaired) electrons. The Bertz CT molecular complexity index is 1490. The van der Waals surface area contributed by atoms with E-state index in [2.05, 4.69) is 40.4 Å². The number of nitrogens with zero attached hydrogens (tertiary/aromatic N) is 2. The minimum Gasteiger partial charge on any atom is -0.384 e. The standard InChI is InChI=1S/C29H26N4O2/c1-15-8-9-31-13-25(15)18-4-6-20-22(11-18)28-23-12-19(5-7-21(23)27(20)35-28)29(34)32-14-24-16(2)10-26(30)33-17(24)3/h4-13,27-28H,14H2,1-3H3,(H2,30,33)(H,32,34)/t27-,28+/m0/s1. The Hall–Kier alpha value is -4.03. The number of carbonyl (C=O) groups is 1. The van der Waals surface area contributed by atoms with E-state index < -0.39 is 0 Å². The Balaban J connectivity index is 1.27. The number of fused-ring (bicyclic) bond motifs is 8. The molecule has 0 saturated carbocycles. The molecule has 0 fully saturated rings. The second-order valence-electron chi connectivity index (χ2n) is 9.38. The number of anilines is 1. The summed E-state index contributed by atoms with van der Waals surface area (Å²) in [5, 5.41) is 3.04. The summed E-state index contributed by atoms with van der Waals surface area (Å²) in [6.45, 7) is 6.39. The minimum atomic E-state index is -0.166. The van der Waals surface area contributed by atoms with Gasteiger partial charge in [-0.1, -0.05) is 18.2 Å². The van der Waals surface area contributed by atoms with Crippen LogP contribution in [0.25, 0.3) is 11.1 Å². The highest BCUT2D eigenvalue weighted by Crippen LogP contribution is 2.54. The third kappa shape index (κ3) is 3.49. The van der Waals surface area contributed by atoms with Gasteiger partial charge in [0, 0.05) is 35.8 Å². The predicted molar refractivity (Wildman–Crippen MR) is 135 cm³/mol. The maximum atomic E-state index is 13.0. The smallest absolute Gasteiger partial charge is 0.251 e. The molecule has 2 bridgehead atoms. The number of pyridine rings is 2. The first kappa shape index (κ1) is 21.5. The van der Waals surface area contributed by atoms with E-state index in [1.54, 1.807) is 0 Å². The largest absolute Gasteiger partial charge is 0.384 e. The first-order valence-electron chi connectivity index (χ1n) is 11.8. The van der Waals surface area contributed by atoms with Crippen LogP contribution in [-0.2, 0) is 11.3 Å². The fourth-order valence-corrected chi connectivity index (χ4v) is 5.35. The molecule has 0 aliphatic carbocycles. The third-order valence-corrected chi connectivity index (χ3v) is 7.19. The van der Waals surface area contributed by atoms with Crippen LogP contribution in [0.2, 0.25) is 0 Å². The van der Waals surface area contributed by atoms with Crippen LogP contribution in [0.4, 0.5) is 5.82 Å². The summed E-state index contributed by atoms with van der Waals surface area (Å²) in [7, 11) is 0. The van der Waals surface area contributed by atoms with E-state index in [4.69, 9.17) is 10.5 Å². The van der Waals surface area contributed by atoms with Crippen molar-refractivity contribution in [3.8, 4) is 11.1 Å². The van der Waals surface area contributed by atoms with E-state index in [1.807, 2.05) is 56.6 Å².